The molecule has 7 nitrogen and oxygen atoms in total. The second-order valence-electron chi connectivity index (χ2n) is 5.26. The number of carbonyl (C=O) groups is 1. The number of piperazine rings is 1. The van der Waals surface area contributed by atoms with Gasteiger partial charge < -0.3 is 9.64 Å². The lowest BCUT2D eigenvalue weighted by molar-refractivity contribution is 0.0148. The van der Waals surface area contributed by atoms with Crippen molar-refractivity contribution in [3.8, 4) is 0 Å². The number of hydrogen-bond donors (Lipinski definition) is 0. The van der Waals surface area contributed by atoms with E-state index in [-0.39, 0.29) is 6.09 Å². The zero-order chi connectivity index (χ0) is 13.6. The third kappa shape index (κ3) is 5.25. The van der Waals surface area contributed by atoms with Gasteiger partial charge >= 0.3 is 6.09 Å². The van der Waals surface area contributed by atoms with E-state index in [2.05, 4.69) is 14.9 Å². The van der Waals surface area contributed by atoms with E-state index < -0.39 is 5.60 Å². The molecular formula is C11H21N5O2. The Morgan fingerprint density at radius 1 is 1.33 bits per heavy atom. The lowest BCUT2D eigenvalue weighted by atomic mass is 10.2. The molecule has 0 unspecified atom stereocenters. The number of hydrogen-bond acceptors (Lipinski definition) is 4. The van der Waals surface area contributed by atoms with Crippen LogP contribution in [0.2, 0.25) is 0 Å². The van der Waals surface area contributed by atoms with E-state index in [4.69, 9.17) is 10.3 Å². The molecule has 102 valence electrons. The molecule has 1 aliphatic heterocycles. The van der Waals surface area contributed by atoms with Gasteiger partial charge in [0, 0.05) is 44.2 Å². The van der Waals surface area contributed by atoms with Crippen molar-refractivity contribution < 1.29 is 9.53 Å². The van der Waals surface area contributed by atoms with Crippen LogP contribution in [0.1, 0.15) is 20.8 Å². The normalized spacial score (nSPS) is 17.2. The van der Waals surface area contributed by atoms with Crippen molar-refractivity contribution in [3.05, 3.63) is 10.4 Å². The van der Waals surface area contributed by atoms with Gasteiger partial charge in [-0.05, 0) is 26.3 Å². The Bertz CT molecular complexity index is 325. The first-order chi connectivity index (χ1) is 8.42. The number of ether oxygens (including phenoxy) is 1. The standard InChI is InChI=1S/C11H21N5O2/c1-11(2,3)18-10(17)16-8-6-15(7-9-16)5-4-13-14-12/h4-9H2,1-3H3. The molecule has 1 rings (SSSR count). The van der Waals surface area contributed by atoms with Gasteiger partial charge in [-0.3, -0.25) is 4.90 Å². The molecule has 0 atom stereocenters. The van der Waals surface area contributed by atoms with Crippen LogP contribution in [0.4, 0.5) is 4.79 Å². The summed E-state index contributed by atoms with van der Waals surface area (Å²) in [6, 6.07) is 0. The molecule has 1 saturated heterocycles. The number of carbonyl (C=O) groups excluding carboxylic acids is 1. The first-order valence-corrected chi connectivity index (χ1v) is 6.13. The second kappa shape index (κ2) is 6.47. The Morgan fingerprint density at radius 3 is 2.44 bits per heavy atom. The Morgan fingerprint density at radius 2 is 1.94 bits per heavy atom. The van der Waals surface area contributed by atoms with Gasteiger partial charge in [-0.1, -0.05) is 5.11 Å². The molecule has 0 aromatic rings. The Hall–Kier alpha value is -1.46. The third-order valence-electron chi connectivity index (χ3n) is 2.60. The molecular weight excluding hydrogens is 234 g/mol. The minimum Gasteiger partial charge on any atom is -0.444 e. The summed E-state index contributed by atoms with van der Waals surface area (Å²) in [7, 11) is 0. The number of rotatable bonds is 3. The van der Waals surface area contributed by atoms with Crippen molar-refractivity contribution in [2.45, 2.75) is 26.4 Å². The summed E-state index contributed by atoms with van der Waals surface area (Å²) in [6.45, 7) is 9.70. The molecule has 0 aliphatic carbocycles. The van der Waals surface area contributed by atoms with E-state index in [1.54, 1.807) is 4.90 Å². The van der Waals surface area contributed by atoms with Gasteiger partial charge in [0.1, 0.15) is 5.60 Å². The van der Waals surface area contributed by atoms with E-state index in [9.17, 15) is 4.79 Å². The maximum absolute atomic E-state index is 11.8. The third-order valence-corrected chi connectivity index (χ3v) is 2.60. The Balaban J connectivity index is 2.30. The highest BCUT2D eigenvalue weighted by Crippen LogP contribution is 2.11. The number of azide groups is 1. The quantitative estimate of drug-likeness (QED) is 0.438. The minimum atomic E-state index is -0.449. The molecule has 0 bridgehead atoms. The summed E-state index contributed by atoms with van der Waals surface area (Å²) in [6.07, 6.45) is -0.253. The van der Waals surface area contributed by atoms with Gasteiger partial charge in [0.25, 0.3) is 0 Å². The van der Waals surface area contributed by atoms with Gasteiger partial charge in [0.15, 0.2) is 0 Å². The molecule has 0 aromatic carbocycles. The molecule has 0 radical (unpaired) electrons. The van der Waals surface area contributed by atoms with Crippen molar-refractivity contribution >= 4 is 6.09 Å². The van der Waals surface area contributed by atoms with E-state index >= 15 is 0 Å². The predicted molar refractivity (Wildman–Crippen MR) is 68.3 cm³/mol. The molecule has 0 spiro atoms. The van der Waals surface area contributed by atoms with Gasteiger partial charge in [-0.15, -0.1) is 0 Å². The van der Waals surface area contributed by atoms with Crippen LogP contribution in [-0.2, 0) is 4.74 Å². The SMILES string of the molecule is CC(C)(C)OC(=O)N1CCN(CCN=[N+]=[N-])CC1. The monoisotopic (exact) mass is 255 g/mol. The van der Waals surface area contributed by atoms with E-state index in [0.717, 1.165) is 19.6 Å². The van der Waals surface area contributed by atoms with Crippen molar-refractivity contribution in [3.63, 3.8) is 0 Å². The summed E-state index contributed by atoms with van der Waals surface area (Å²) >= 11 is 0. The Labute approximate surface area is 107 Å². The molecule has 18 heavy (non-hydrogen) atoms. The fourth-order valence-corrected chi connectivity index (χ4v) is 1.71. The van der Waals surface area contributed by atoms with Crippen molar-refractivity contribution in [2.75, 3.05) is 39.3 Å². The van der Waals surface area contributed by atoms with Crippen LogP contribution in [0.25, 0.3) is 10.4 Å². The fraction of sp³-hybridized carbons (Fsp3) is 0.909. The van der Waals surface area contributed by atoms with Gasteiger partial charge in [0.05, 0.1) is 0 Å². The highest BCUT2D eigenvalue weighted by molar-refractivity contribution is 5.68. The molecule has 1 aliphatic rings. The summed E-state index contributed by atoms with van der Waals surface area (Å²) in [4.78, 5) is 18.4. The highest BCUT2D eigenvalue weighted by atomic mass is 16.6. The average molecular weight is 255 g/mol. The van der Waals surface area contributed by atoms with Crippen LogP contribution in [0.15, 0.2) is 5.11 Å². The molecule has 7 heteroatoms. The smallest absolute Gasteiger partial charge is 0.410 e. The lowest BCUT2D eigenvalue weighted by Gasteiger charge is -2.35. The van der Waals surface area contributed by atoms with Crippen LogP contribution in [0.3, 0.4) is 0 Å². The average Bonchev–Trinajstić information content (AvgIpc) is 2.28. The van der Waals surface area contributed by atoms with Crippen LogP contribution in [0, 0.1) is 0 Å². The molecule has 1 heterocycles. The van der Waals surface area contributed by atoms with Crippen LogP contribution in [0.5, 0.6) is 0 Å². The zero-order valence-electron chi connectivity index (χ0n) is 11.3. The van der Waals surface area contributed by atoms with Gasteiger partial charge in [-0.2, -0.15) is 0 Å². The van der Waals surface area contributed by atoms with E-state index in [0.29, 0.717) is 19.6 Å². The number of nitrogens with zero attached hydrogens (tertiary/aromatic N) is 5. The summed E-state index contributed by atoms with van der Waals surface area (Å²) in [5.74, 6) is 0. The summed E-state index contributed by atoms with van der Waals surface area (Å²) < 4.78 is 5.31. The zero-order valence-corrected chi connectivity index (χ0v) is 11.3. The predicted octanol–water partition coefficient (Wildman–Crippen LogP) is 1.85. The maximum Gasteiger partial charge on any atom is 0.410 e. The molecule has 0 aromatic heterocycles. The Kier molecular flexibility index (Phi) is 5.25. The molecule has 0 N–H and O–H groups in total. The number of amides is 1. The van der Waals surface area contributed by atoms with Gasteiger partial charge in [-0.25, -0.2) is 4.79 Å². The first-order valence-electron chi connectivity index (χ1n) is 6.13. The maximum atomic E-state index is 11.8. The topological polar surface area (TPSA) is 81.5 Å². The minimum absolute atomic E-state index is 0.253. The largest absolute Gasteiger partial charge is 0.444 e. The summed E-state index contributed by atoms with van der Waals surface area (Å²) in [5, 5.41) is 3.50. The van der Waals surface area contributed by atoms with Crippen LogP contribution in [-0.4, -0.2) is 60.8 Å². The molecule has 1 amide bonds. The van der Waals surface area contributed by atoms with Crippen LogP contribution >= 0.6 is 0 Å². The second-order valence-corrected chi connectivity index (χ2v) is 5.26. The van der Waals surface area contributed by atoms with Gasteiger partial charge in [0.2, 0.25) is 0 Å². The van der Waals surface area contributed by atoms with Crippen molar-refractivity contribution in [2.24, 2.45) is 5.11 Å². The molecule has 1 fully saturated rings. The van der Waals surface area contributed by atoms with E-state index in [1.807, 2.05) is 20.8 Å². The van der Waals surface area contributed by atoms with Crippen molar-refractivity contribution in [1.29, 1.82) is 0 Å². The molecule has 0 saturated carbocycles. The van der Waals surface area contributed by atoms with Crippen LogP contribution < -0.4 is 0 Å². The first kappa shape index (κ1) is 14.6. The summed E-state index contributed by atoms with van der Waals surface area (Å²) in [5.41, 5.74) is 7.74. The highest BCUT2D eigenvalue weighted by Gasteiger charge is 2.25. The lowest BCUT2D eigenvalue weighted by Crippen LogP contribution is -2.50. The van der Waals surface area contributed by atoms with Crippen molar-refractivity contribution in [1.82, 2.24) is 9.80 Å². The fourth-order valence-electron chi connectivity index (χ4n) is 1.71. The van der Waals surface area contributed by atoms with E-state index in [1.165, 1.54) is 0 Å².